The normalized spacial score (nSPS) is 13.3. The van der Waals surface area contributed by atoms with Crippen molar-refractivity contribution in [1.82, 2.24) is 4.98 Å². The van der Waals surface area contributed by atoms with Crippen LogP contribution in [0.2, 0.25) is 0 Å². The van der Waals surface area contributed by atoms with Gasteiger partial charge < -0.3 is 9.40 Å². The first kappa shape index (κ1) is 12.3. The largest absolute Gasteiger partial charge is 0.463 e. The maximum atomic E-state index is 5.40. The van der Waals surface area contributed by atoms with Crippen LogP contribution in [0.25, 0.3) is 11.1 Å². The van der Waals surface area contributed by atoms with E-state index < -0.39 is 0 Å². The summed E-state index contributed by atoms with van der Waals surface area (Å²) in [6.07, 6.45) is 9.62. The summed E-state index contributed by atoms with van der Waals surface area (Å²) >= 11 is 0. The molecule has 1 atom stereocenters. The highest BCUT2D eigenvalue weighted by molar-refractivity contribution is 5.74. The van der Waals surface area contributed by atoms with Crippen molar-refractivity contribution in [3.63, 3.8) is 0 Å². The number of aromatic nitrogens is 1. The van der Waals surface area contributed by atoms with Gasteiger partial charge in [0.25, 0.3) is 0 Å². The van der Waals surface area contributed by atoms with Crippen LogP contribution >= 0.6 is 0 Å². The van der Waals surface area contributed by atoms with E-state index in [-0.39, 0.29) is 0 Å². The van der Waals surface area contributed by atoms with E-state index in [2.05, 4.69) is 24.9 Å². The Bertz CT molecular complexity index is 412. The van der Waals surface area contributed by atoms with Gasteiger partial charge in [0.15, 0.2) is 5.58 Å². The van der Waals surface area contributed by atoms with Gasteiger partial charge in [-0.3, -0.25) is 0 Å². The molecule has 17 heavy (non-hydrogen) atoms. The van der Waals surface area contributed by atoms with Gasteiger partial charge in [-0.25, -0.2) is 0 Å². The Balaban J connectivity index is 1.95. The zero-order chi connectivity index (χ0) is 12.1. The van der Waals surface area contributed by atoms with Crippen LogP contribution in [0.5, 0.6) is 0 Å². The fraction of sp³-hybridized carbons (Fsp3) is 0.600. The number of nitrogens with one attached hydrogen (secondary N) is 1. The van der Waals surface area contributed by atoms with Crippen LogP contribution in [0.3, 0.4) is 0 Å². The molecule has 0 bridgehead atoms. The number of aromatic amines is 1. The van der Waals surface area contributed by atoms with E-state index in [1.807, 2.05) is 6.07 Å². The second-order valence-electron chi connectivity index (χ2n) is 4.88. The molecule has 0 amide bonds. The first-order chi connectivity index (χ1) is 8.35. The molecular formula is C15H23NO. The Labute approximate surface area is 103 Å². The summed E-state index contributed by atoms with van der Waals surface area (Å²) in [7, 11) is 0. The summed E-state index contributed by atoms with van der Waals surface area (Å²) in [5, 5.41) is 0. The monoisotopic (exact) mass is 233 g/mol. The van der Waals surface area contributed by atoms with Crippen molar-refractivity contribution in [2.24, 2.45) is 0 Å². The number of H-pyrrole nitrogens is 1. The molecule has 2 heteroatoms. The van der Waals surface area contributed by atoms with Gasteiger partial charge in [-0.05, 0) is 18.8 Å². The predicted octanol–water partition coefficient (Wildman–Crippen LogP) is 5.22. The predicted molar refractivity (Wildman–Crippen MR) is 72.4 cm³/mol. The quantitative estimate of drug-likeness (QED) is 0.652. The molecular weight excluding hydrogens is 210 g/mol. The molecule has 0 aliphatic rings. The van der Waals surface area contributed by atoms with E-state index in [1.54, 1.807) is 6.26 Å². The smallest absolute Gasteiger partial charge is 0.151 e. The number of fused-ring (bicyclic) bond motifs is 1. The highest BCUT2D eigenvalue weighted by Crippen LogP contribution is 2.28. The zero-order valence-corrected chi connectivity index (χ0v) is 11.0. The van der Waals surface area contributed by atoms with E-state index in [1.165, 1.54) is 44.2 Å². The number of hydrogen-bond donors (Lipinski definition) is 1. The Kier molecular flexibility index (Phi) is 4.29. The van der Waals surface area contributed by atoms with Crippen molar-refractivity contribution < 1.29 is 4.42 Å². The fourth-order valence-corrected chi connectivity index (χ4v) is 2.49. The lowest BCUT2D eigenvalue weighted by molar-refractivity contribution is 0.535. The number of hydrogen-bond acceptors (Lipinski definition) is 1. The lowest BCUT2D eigenvalue weighted by Crippen LogP contribution is -1.97. The molecule has 0 radical (unpaired) electrons. The summed E-state index contributed by atoms with van der Waals surface area (Å²) in [6, 6.07) is 4.17. The maximum Gasteiger partial charge on any atom is 0.151 e. The third kappa shape index (κ3) is 2.93. The first-order valence-corrected chi connectivity index (χ1v) is 6.91. The molecule has 2 nitrogen and oxygen atoms in total. The van der Waals surface area contributed by atoms with Crippen molar-refractivity contribution in [2.75, 3.05) is 0 Å². The molecule has 1 unspecified atom stereocenters. The van der Waals surface area contributed by atoms with Gasteiger partial charge >= 0.3 is 0 Å². The van der Waals surface area contributed by atoms with Crippen LogP contribution in [-0.2, 0) is 0 Å². The minimum atomic E-state index is 0.662. The van der Waals surface area contributed by atoms with Gasteiger partial charge in [0.05, 0.1) is 11.8 Å². The molecule has 2 aromatic heterocycles. The average molecular weight is 233 g/mol. The number of furan rings is 1. The number of unbranched alkanes of at least 4 members (excludes halogenated alkanes) is 3. The van der Waals surface area contributed by atoms with Crippen LogP contribution in [0.1, 0.15) is 64.0 Å². The van der Waals surface area contributed by atoms with E-state index in [0.717, 1.165) is 11.1 Å². The van der Waals surface area contributed by atoms with Gasteiger partial charge in [0, 0.05) is 17.8 Å². The van der Waals surface area contributed by atoms with Gasteiger partial charge in [0.2, 0.25) is 0 Å². The molecule has 2 heterocycles. The Hall–Kier alpha value is -1.18. The zero-order valence-electron chi connectivity index (χ0n) is 11.0. The first-order valence-electron chi connectivity index (χ1n) is 6.91. The van der Waals surface area contributed by atoms with Crippen molar-refractivity contribution >= 4 is 11.1 Å². The molecule has 2 rings (SSSR count). The molecule has 0 aliphatic heterocycles. The van der Waals surface area contributed by atoms with Gasteiger partial charge in [0.1, 0.15) is 0 Å². The molecule has 0 fully saturated rings. The Morgan fingerprint density at radius 1 is 1.24 bits per heavy atom. The summed E-state index contributed by atoms with van der Waals surface area (Å²) in [5.74, 6) is 0.662. The van der Waals surface area contributed by atoms with Crippen LogP contribution in [0.4, 0.5) is 0 Å². The van der Waals surface area contributed by atoms with Crippen molar-refractivity contribution in [2.45, 2.75) is 58.3 Å². The van der Waals surface area contributed by atoms with Crippen LogP contribution in [-0.4, -0.2) is 4.98 Å². The molecule has 1 N–H and O–H groups in total. The summed E-state index contributed by atoms with van der Waals surface area (Å²) in [4.78, 5) is 3.47. The third-order valence-corrected chi connectivity index (χ3v) is 3.60. The van der Waals surface area contributed by atoms with Crippen molar-refractivity contribution in [3.05, 3.63) is 24.1 Å². The second kappa shape index (κ2) is 5.95. The molecule has 0 aliphatic carbocycles. The van der Waals surface area contributed by atoms with E-state index >= 15 is 0 Å². The third-order valence-electron chi connectivity index (χ3n) is 3.60. The average Bonchev–Trinajstić information content (AvgIpc) is 2.89. The molecule has 0 aromatic carbocycles. The van der Waals surface area contributed by atoms with Gasteiger partial charge in [-0.15, -0.1) is 0 Å². The van der Waals surface area contributed by atoms with Crippen LogP contribution in [0, 0.1) is 0 Å². The summed E-state index contributed by atoms with van der Waals surface area (Å²) < 4.78 is 5.40. The summed E-state index contributed by atoms with van der Waals surface area (Å²) in [5.41, 5.74) is 3.47. The van der Waals surface area contributed by atoms with Gasteiger partial charge in [-0.1, -0.05) is 39.5 Å². The van der Waals surface area contributed by atoms with Gasteiger partial charge in [-0.2, -0.15) is 0 Å². The molecule has 0 saturated heterocycles. The van der Waals surface area contributed by atoms with Crippen LogP contribution < -0.4 is 0 Å². The minimum absolute atomic E-state index is 0.662. The molecule has 0 saturated carbocycles. The highest BCUT2D eigenvalue weighted by Gasteiger charge is 2.13. The second-order valence-corrected chi connectivity index (χ2v) is 4.88. The molecule has 2 aromatic rings. The van der Waals surface area contributed by atoms with E-state index in [9.17, 15) is 0 Å². The standard InChI is InChI=1S/C15H23NO/c1-3-5-6-7-8-12(4-2)14-11-15-13(16-14)9-10-17-15/h9-12,16H,3-8H2,1-2H3. The number of rotatable bonds is 7. The lowest BCUT2D eigenvalue weighted by atomic mass is 9.95. The molecule has 94 valence electrons. The van der Waals surface area contributed by atoms with E-state index in [4.69, 9.17) is 4.42 Å². The van der Waals surface area contributed by atoms with E-state index in [0.29, 0.717) is 5.92 Å². The maximum absolute atomic E-state index is 5.40. The Morgan fingerprint density at radius 2 is 2.12 bits per heavy atom. The minimum Gasteiger partial charge on any atom is -0.463 e. The SMILES string of the molecule is CCCCCCC(CC)c1cc2occc2[nH]1. The molecule has 0 spiro atoms. The van der Waals surface area contributed by atoms with Crippen LogP contribution in [0.15, 0.2) is 22.8 Å². The van der Waals surface area contributed by atoms with Crippen molar-refractivity contribution in [1.29, 1.82) is 0 Å². The topological polar surface area (TPSA) is 28.9 Å². The lowest BCUT2D eigenvalue weighted by Gasteiger charge is -2.12. The van der Waals surface area contributed by atoms with Crippen molar-refractivity contribution in [3.8, 4) is 0 Å². The summed E-state index contributed by atoms with van der Waals surface area (Å²) in [6.45, 7) is 4.53. The fourth-order valence-electron chi connectivity index (χ4n) is 2.49. The Morgan fingerprint density at radius 3 is 2.82 bits per heavy atom. The highest BCUT2D eigenvalue weighted by atomic mass is 16.3.